The van der Waals surface area contributed by atoms with E-state index in [2.05, 4.69) is 32.1 Å². The molecule has 1 fully saturated rings. The molecule has 8 nitrogen and oxygen atoms in total. The molecule has 2 N–H and O–H groups in total. The SMILES string of the molecule is C=CC(=O)N1CCC[C@@H](Nc2n[nH]c3nccc(Oc4ccc(-c5ccc(C)cn5)cc4)c23)C1. The Morgan fingerprint density at radius 1 is 1.21 bits per heavy atom. The molecular formula is C26H26N6O2. The van der Waals surface area contributed by atoms with Crippen LogP contribution in [0, 0.1) is 6.92 Å². The fourth-order valence-electron chi connectivity index (χ4n) is 4.19. The van der Waals surface area contributed by atoms with Gasteiger partial charge in [0.2, 0.25) is 5.91 Å². The molecule has 1 aliphatic rings. The number of aromatic nitrogens is 4. The summed E-state index contributed by atoms with van der Waals surface area (Å²) in [5.41, 5.74) is 3.70. The maximum atomic E-state index is 12.0. The number of amides is 1. The second-order valence-electron chi connectivity index (χ2n) is 8.42. The monoisotopic (exact) mass is 454 g/mol. The number of fused-ring (bicyclic) bond motifs is 1. The van der Waals surface area contributed by atoms with Crippen molar-refractivity contribution in [3.8, 4) is 22.8 Å². The normalized spacial score (nSPS) is 15.8. The molecule has 0 spiro atoms. The molecule has 3 aromatic heterocycles. The van der Waals surface area contributed by atoms with Crippen molar-refractivity contribution in [2.24, 2.45) is 0 Å². The highest BCUT2D eigenvalue weighted by molar-refractivity contribution is 5.93. The molecule has 1 aromatic carbocycles. The summed E-state index contributed by atoms with van der Waals surface area (Å²) in [4.78, 5) is 22.7. The van der Waals surface area contributed by atoms with E-state index in [9.17, 15) is 4.79 Å². The lowest BCUT2D eigenvalue weighted by molar-refractivity contribution is -0.127. The largest absolute Gasteiger partial charge is 0.456 e. The van der Waals surface area contributed by atoms with Crippen molar-refractivity contribution in [3.05, 3.63) is 73.1 Å². The molecule has 34 heavy (non-hydrogen) atoms. The molecule has 5 rings (SSSR count). The fraction of sp³-hybridized carbons (Fsp3) is 0.231. The maximum Gasteiger partial charge on any atom is 0.246 e. The van der Waals surface area contributed by atoms with Gasteiger partial charge in [-0.25, -0.2) is 4.98 Å². The van der Waals surface area contributed by atoms with Crippen LogP contribution in [0.5, 0.6) is 11.5 Å². The number of carbonyl (C=O) groups excluding carboxylic acids is 1. The zero-order valence-electron chi connectivity index (χ0n) is 19.0. The number of nitrogens with one attached hydrogen (secondary N) is 2. The number of nitrogens with zero attached hydrogens (tertiary/aromatic N) is 4. The minimum Gasteiger partial charge on any atom is -0.456 e. The summed E-state index contributed by atoms with van der Waals surface area (Å²) in [7, 11) is 0. The van der Waals surface area contributed by atoms with Crippen molar-refractivity contribution in [1.29, 1.82) is 0 Å². The zero-order valence-corrected chi connectivity index (χ0v) is 19.0. The lowest BCUT2D eigenvalue weighted by Crippen LogP contribution is -2.44. The number of anilines is 1. The number of hydrogen-bond acceptors (Lipinski definition) is 6. The number of likely N-dealkylation sites (tertiary alicyclic amines) is 1. The van der Waals surface area contributed by atoms with Crippen molar-refractivity contribution in [1.82, 2.24) is 25.1 Å². The Morgan fingerprint density at radius 2 is 2.06 bits per heavy atom. The van der Waals surface area contributed by atoms with Crippen LogP contribution in [0.3, 0.4) is 0 Å². The molecule has 0 bridgehead atoms. The van der Waals surface area contributed by atoms with Crippen LogP contribution in [0.25, 0.3) is 22.3 Å². The van der Waals surface area contributed by atoms with E-state index in [1.165, 1.54) is 6.08 Å². The lowest BCUT2D eigenvalue weighted by Gasteiger charge is -2.32. The summed E-state index contributed by atoms with van der Waals surface area (Å²) in [6.45, 7) is 6.96. The van der Waals surface area contributed by atoms with Crippen LogP contribution >= 0.6 is 0 Å². The van der Waals surface area contributed by atoms with Gasteiger partial charge in [0.05, 0.1) is 5.69 Å². The van der Waals surface area contributed by atoms with Gasteiger partial charge in [0.1, 0.15) is 16.9 Å². The zero-order chi connectivity index (χ0) is 23.5. The molecular weight excluding hydrogens is 428 g/mol. The summed E-state index contributed by atoms with van der Waals surface area (Å²) < 4.78 is 6.23. The number of hydrogen-bond donors (Lipinski definition) is 2. The lowest BCUT2D eigenvalue weighted by atomic mass is 10.1. The van der Waals surface area contributed by atoms with Gasteiger partial charge in [-0.05, 0) is 61.7 Å². The van der Waals surface area contributed by atoms with Gasteiger partial charge in [-0.1, -0.05) is 12.6 Å². The summed E-state index contributed by atoms with van der Waals surface area (Å²) in [6, 6.07) is 13.8. The number of rotatable bonds is 6. The number of carbonyl (C=O) groups is 1. The second kappa shape index (κ2) is 9.35. The van der Waals surface area contributed by atoms with Gasteiger partial charge in [-0.2, -0.15) is 5.10 Å². The summed E-state index contributed by atoms with van der Waals surface area (Å²) >= 11 is 0. The first kappa shape index (κ1) is 21.6. The molecule has 8 heteroatoms. The number of pyridine rings is 2. The van der Waals surface area contributed by atoms with E-state index in [1.807, 2.05) is 60.5 Å². The molecule has 1 aliphatic heterocycles. The number of ether oxygens (including phenoxy) is 1. The van der Waals surface area contributed by atoms with E-state index in [0.717, 1.165) is 41.6 Å². The van der Waals surface area contributed by atoms with Crippen LogP contribution in [-0.2, 0) is 4.79 Å². The summed E-state index contributed by atoms with van der Waals surface area (Å²) in [6.07, 6.45) is 6.78. The molecule has 1 saturated heterocycles. The van der Waals surface area contributed by atoms with Gasteiger partial charge in [-0.3, -0.25) is 14.9 Å². The number of benzene rings is 1. The minimum atomic E-state index is -0.0478. The first-order chi connectivity index (χ1) is 16.6. The van der Waals surface area contributed by atoms with Crippen molar-refractivity contribution >= 4 is 22.8 Å². The highest BCUT2D eigenvalue weighted by atomic mass is 16.5. The van der Waals surface area contributed by atoms with Crippen LogP contribution in [0.1, 0.15) is 18.4 Å². The smallest absolute Gasteiger partial charge is 0.246 e. The van der Waals surface area contributed by atoms with Crippen LogP contribution in [-0.4, -0.2) is 50.1 Å². The minimum absolute atomic E-state index is 0.0478. The molecule has 4 heterocycles. The van der Waals surface area contributed by atoms with Gasteiger partial charge in [-0.15, -0.1) is 0 Å². The average molecular weight is 455 g/mol. The molecule has 1 atom stereocenters. The molecule has 172 valence electrons. The van der Waals surface area contributed by atoms with E-state index >= 15 is 0 Å². The molecule has 1 amide bonds. The Balaban J connectivity index is 1.36. The predicted octanol–water partition coefficient (Wildman–Crippen LogP) is 4.71. The van der Waals surface area contributed by atoms with Crippen LogP contribution in [0.2, 0.25) is 0 Å². The second-order valence-corrected chi connectivity index (χ2v) is 8.42. The van der Waals surface area contributed by atoms with Gasteiger partial charge in [0, 0.05) is 43.2 Å². The number of aromatic amines is 1. The number of H-pyrrole nitrogens is 1. The molecule has 0 saturated carbocycles. The van der Waals surface area contributed by atoms with E-state index in [4.69, 9.17) is 4.74 Å². The Hall–Kier alpha value is -4.20. The molecule has 0 aliphatic carbocycles. The van der Waals surface area contributed by atoms with Crippen molar-refractivity contribution < 1.29 is 9.53 Å². The Labute approximate surface area is 197 Å². The highest BCUT2D eigenvalue weighted by Crippen LogP contribution is 2.34. The topological polar surface area (TPSA) is 96.0 Å². The molecule has 0 unspecified atom stereocenters. The van der Waals surface area contributed by atoms with Gasteiger partial charge >= 0.3 is 0 Å². The summed E-state index contributed by atoms with van der Waals surface area (Å²) in [5, 5.41) is 11.7. The maximum absolute atomic E-state index is 12.0. The third kappa shape index (κ3) is 4.47. The number of piperidine rings is 1. The van der Waals surface area contributed by atoms with E-state index in [0.29, 0.717) is 29.5 Å². The van der Waals surface area contributed by atoms with E-state index < -0.39 is 0 Å². The first-order valence-corrected chi connectivity index (χ1v) is 11.3. The van der Waals surface area contributed by atoms with E-state index in [1.54, 1.807) is 6.20 Å². The third-order valence-corrected chi connectivity index (χ3v) is 5.96. The average Bonchev–Trinajstić information content (AvgIpc) is 3.28. The van der Waals surface area contributed by atoms with Crippen molar-refractivity contribution in [3.63, 3.8) is 0 Å². The number of aryl methyl sites for hydroxylation is 1. The molecule has 4 aromatic rings. The van der Waals surface area contributed by atoms with Gasteiger partial charge < -0.3 is 15.0 Å². The Bertz CT molecular complexity index is 1310. The third-order valence-electron chi connectivity index (χ3n) is 5.96. The van der Waals surface area contributed by atoms with Crippen LogP contribution < -0.4 is 10.1 Å². The van der Waals surface area contributed by atoms with Crippen molar-refractivity contribution in [2.75, 3.05) is 18.4 Å². The van der Waals surface area contributed by atoms with Crippen LogP contribution in [0.4, 0.5) is 5.82 Å². The summed E-state index contributed by atoms with van der Waals surface area (Å²) in [5.74, 6) is 1.97. The van der Waals surface area contributed by atoms with Crippen molar-refractivity contribution in [2.45, 2.75) is 25.8 Å². The Kier molecular flexibility index (Phi) is 5.95. The Morgan fingerprint density at radius 3 is 2.82 bits per heavy atom. The van der Waals surface area contributed by atoms with Gasteiger partial charge in [0.15, 0.2) is 11.5 Å². The standard InChI is InChI=1S/C26H26N6O2/c1-3-23(33)32-14-4-5-19(16-32)29-26-24-22(12-13-27-25(24)30-31-26)34-20-9-7-18(8-10-20)21-11-6-17(2)15-28-21/h3,6-13,15,19H,1,4-5,14,16H2,2H3,(H2,27,29,30,31)/t19-/m1/s1. The fourth-order valence-corrected chi connectivity index (χ4v) is 4.19. The molecule has 0 radical (unpaired) electrons. The predicted molar refractivity (Wildman–Crippen MR) is 132 cm³/mol. The quantitative estimate of drug-likeness (QED) is 0.410. The van der Waals surface area contributed by atoms with Crippen LogP contribution in [0.15, 0.2) is 67.5 Å². The van der Waals surface area contributed by atoms with Gasteiger partial charge in [0.25, 0.3) is 0 Å². The first-order valence-electron chi connectivity index (χ1n) is 11.3. The van der Waals surface area contributed by atoms with E-state index in [-0.39, 0.29) is 11.9 Å². The highest BCUT2D eigenvalue weighted by Gasteiger charge is 2.24.